The van der Waals surface area contributed by atoms with Gasteiger partial charge in [0, 0.05) is 6.61 Å². The summed E-state index contributed by atoms with van der Waals surface area (Å²) in [5.74, 6) is 1.24. The normalized spacial score (nSPS) is 39.5. The highest BCUT2D eigenvalue weighted by atomic mass is 16.3. The summed E-state index contributed by atoms with van der Waals surface area (Å²) in [6.45, 7) is 4.41. The van der Waals surface area contributed by atoms with Crippen LogP contribution in [0, 0.1) is 17.8 Å². The van der Waals surface area contributed by atoms with Crippen molar-refractivity contribution >= 4 is 0 Å². The van der Waals surface area contributed by atoms with E-state index >= 15 is 0 Å². The monoisotopic (exact) mass is 172 g/mol. The Kier molecular flexibility index (Phi) is 3.53. The van der Waals surface area contributed by atoms with Gasteiger partial charge >= 0.3 is 0 Å². The zero-order chi connectivity index (χ0) is 9.14. The molecule has 0 aromatic carbocycles. The molecule has 0 aliphatic heterocycles. The lowest BCUT2D eigenvalue weighted by Crippen LogP contribution is -2.34. The maximum atomic E-state index is 9.73. The molecule has 0 amide bonds. The van der Waals surface area contributed by atoms with Crippen molar-refractivity contribution < 1.29 is 10.2 Å². The highest BCUT2D eigenvalue weighted by Gasteiger charge is 2.30. The Morgan fingerprint density at radius 3 is 2.58 bits per heavy atom. The Hall–Kier alpha value is -0.0800. The Bertz CT molecular complexity index is 136. The molecule has 1 saturated carbocycles. The summed E-state index contributed by atoms with van der Waals surface area (Å²) >= 11 is 0. The lowest BCUT2D eigenvalue weighted by atomic mass is 9.75. The van der Waals surface area contributed by atoms with Crippen molar-refractivity contribution in [3.05, 3.63) is 0 Å². The van der Waals surface area contributed by atoms with Crippen LogP contribution in [0.15, 0.2) is 0 Å². The van der Waals surface area contributed by atoms with Crippen LogP contribution in [0.4, 0.5) is 0 Å². The lowest BCUT2D eigenvalue weighted by Gasteiger charge is -2.34. The Balaban J connectivity index is 2.44. The highest BCUT2D eigenvalue weighted by molar-refractivity contribution is 4.80. The Morgan fingerprint density at radius 1 is 1.42 bits per heavy atom. The molecular formula is C10H20O2. The second-order valence-corrected chi connectivity index (χ2v) is 4.31. The van der Waals surface area contributed by atoms with Crippen LogP contribution in [0.5, 0.6) is 0 Å². The molecule has 0 aromatic heterocycles. The van der Waals surface area contributed by atoms with Crippen molar-refractivity contribution in [2.45, 2.75) is 39.2 Å². The van der Waals surface area contributed by atoms with Crippen LogP contribution in [0.25, 0.3) is 0 Å². The van der Waals surface area contributed by atoms with Gasteiger partial charge in [0.1, 0.15) is 0 Å². The molecule has 2 heteroatoms. The van der Waals surface area contributed by atoms with Gasteiger partial charge in [-0.05, 0) is 30.6 Å². The standard InChI is InChI=1S/C10H20O2/c1-7-3-4-9(8(2)6-11)10(12)5-7/h7-12H,3-6H2,1-2H3/t7-,8+,9+,10+/m0/s1. The number of aliphatic hydroxyl groups excluding tert-OH is 2. The molecule has 4 atom stereocenters. The van der Waals surface area contributed by atoms with Crippen LogP contribution in [-0.2, 0) is 0 Å². The van der Waals surface area contributed by atoms with Gasteiger partial charge in [0.05, 0.1) is 6.10 Å². The molecule has 0 radical (unpaired) electrons. The van der Waals surface area contributed by atoms with Gasteiger partial charge in [0.25, 0.3) is 0 Å². The minimum atomic E-state index is -0.184. The molecule has 12 heavy (non-hydrogen) atoms. The quantitative estimate of drug-likeness (QED) is 0.661. The number of hydrogen-bond acceptors (Lipinski definition) is 2. The molecule has 0 bridgehead atoms. The van der Waals surface area contributed by atoms with Gasteiger partial charge in [-0.1, -0.05) is 20.3 Å². The molecule has 1 fully saturated rings. The van der Waals surface area contributed by atoms with E-state index in [-0.39, 0.29) is 18.6 Å². The first kappa shape index (κ1) is 10.0. The molecule has 1 aliphatic rings. The summed E-state index contributed by atoms with van der Waals surface area (Å²) < 4.78 is 0. The molecule has 0 aromatic rings. The molecule has 0 heterocycles. The zero-order valence-electron chi connectivity index (χ0n) is 8.03. The molecule has 0 saturated heterocycles. The van der Waals surface area contributed by atoms with Crippen LogP contribution in [0.3, 0.4) is 0 Å². The first-order chi connectivity index (χ1) is 5.65. The van der Waals surface area contributed by atoms with E-state index in [0.29, 0.717) is 11.8 Å². The molecule has 1 aliphatic carbocycles. The number of hydrogen-bond donors (Lipinski definition) is 2. The average Bonchev–Trinajstić information content (AvgIpc) is 2.03. The fourth-order valence-corrected chi connectivity index (χ4v) is 2.17. The molecule has 0 spiro atoms. The first-order valence-electron chi connectivity index (χ1n) is 4.94. The van der Waals surface area contributed by atoms with Gasteiger partial charge in [-0.3, -0.25) is 0 Å². The maximum Gasteiger partial charge on any atom is 0.0574 e. The van der Waals surface area contributed by atoms with Crippen LogP contribution in [-0.4, -0.2) is 22.9 Å². The largest absolute Gasteiger partial charge is 0.396 e. The fourth-order valence-electron chi connectivity index (χ4n) is 2.17. The second kappa shape index (κ2) is 4.24. The number of rotatable bonds is 2. The predicted molar refractivity (Wildman–Crippen MR) is 48.8 cm³/mol. The van der Waals surface area contributed by atoms with Crippen molar-refractivity contribution in [1.82, 2.24) is 0 Å². The van der Waals surface area contributed by atoms with Crippen LogP contribution < -0.4 is 0 Å². The lowest BCUT2D eigenvalue weighted by molar-refractivity contribution is 0.00804. The van der Waals surface area contributed by atoms with E-state index in [0.717, 1.165) is 12.8 Å². The SMILES string of the molecule is C[C@H]1CC[C@H]([C@H](C)CO)[C@H](O)C1. The van der Waals surface area contributed by atoms with Gasteiger partial charge in [0.2, 0.25) is 0 Å². The van der Waals surface area contributed by atoms with E-state index in [1.165, 1.54) is 6.42 Å². The summed E-state index contributed by atoms with van der Waals surface area (Å²) in [6.07, 6.45) is 3.00. The minimum absolute atomic E-state index is 0.184. The summed E-state index contributed by atoms with van der Waals surface area (Å²) in [5, 5.41) is 18.7. The zero-order valence-corrected chi connectivity index (χ0v) is 8.03. The van der Waals surface area contributed by atoms with Crippen molar-refractivity contribution in [2.24, 2.45) is 17.8 Å². The van der Waals surface area contributed by atoms with E-state index in [9.17, 15) is 5.11 Å². The smallest absolute Gasteiger partial charge is 0.0574 e. The van der Waals surface area contributed by atoms with Crippen molar-refractivity contribution in [3.63, 3.8) is 0 Å². The highest BCUT2D eigenvalue weighted by Crippen LogP contribution is 2.33. The van der Waals surface area contributed by atoms with Crippen molar-refractivity contribution in [1.29, 1.82) is 0 Å². The van der Waals surface area contributed by atoms with Crippen LogP contribution >= 0.6 is 0 Å². The summed E-state index contributed by atoms with van der Waals surface area (Å²) in [6, 6.07) is 0. The van der Waals surface area contributed by atoms with E-state index in [2.05, 4.69) is 6.92 Å². The summed E-state index contributed by atoms with van der Waals surface area (Å²) in [4.78, 5) is 0. The Morgan fingerprint density at radius 2 is 2.08 bits per heavy atom. The van der Waals surface area contributed by atoms with Crippen LogP contribution in [0.1, 0.15) is 33.1 Å². The molecule has 2 nitrogen and oxygen atoms in total. The second-order valence-electron chi connectivity index (χ2n) is 4.31. The number of aliphatic hydroxyl groups is 2. The van der Waals surface area contributed by atoms with E-state index < -0.39 is 0 Å². The third-order valence-corrected chi connectivity index (χ3v) is 3.15. The van der Waals surface area contributed by atoms with Gasteiger partial charge in [0.15, 0.2) is 0 Å². The van der Waals surface area contributed by atoms with Gasteiger partial charge in [-0.25, -0.2) is 0 Å². The predicted octanol–water partition coefficient (Wildman–Crippen LogP) is 1.41. The average molecular weight is 172 g/mol. The maximum absolute atomic E-state index is 9.73. The van der Waals surface area contributed by atoms with E-state index in [1.807, 2.05) is 6.92 Å². The van der Waals surface area contributed by atoms with E-state index in [4.69, 9.17) is 5.11 Å². The van der Waals surface area contributed by atoms with E-state index in [1.54, 1.807) is 0 Å². The van der Waals surface area contributed by atoms with Crippen LogP contribution in [0.2, 0.25) is 0 Å². The minimum Gasteiger partial charge on any atom is -0.396 e. The van der Waals surface area contributed by atoms with Gasteiger partial charge in [-0.2, -0.15) is 0 Å². The third kappa shape index (κ3) is 2.20. The third-order valence-electron chi connectivity index (χ3n) is 3.15. The van der Waals surface area contributed by atoms with Crippen molar-refractivity contribution in [3.8, 4) is 0 Å². The van der Waals surface area contributed by atoms with Crippen molar-refractivity contribution in [2.75, 3.05) is 6.61 Å². The van der Waals surface area contributed by atoms with Gasteiger partial charge in [-0.15, -0.1) is 0 Å². The fraction of sp³-hybridized carbons (Fsp3) is 1.00. The Labute approximate surface area is 74.6 Å². The first-order valence-corrected chi connectivity index (χ1v) is 4.94. The van der Waals surface area contributed by atoms with Gasteiger partial charge < -0.3 is 10.2 Å². The molecule has 2 N–H and O–H groups in total. The molecule has 72 valence electrons. The molecular weight excluding hydrogens is 152 g/mol. The molecule has 0 unspecified atom stereocenters. The topological polar surface area (TPSA) is 40.5 Å². The molecule has 1 rings (SSSR count). The summed E-state index contributed by atoms with van der Waals surface area (Å²) in [7, 11) is 0. The summed E-state index contributed by atoms with van der Waals surface area (Å²) in [5.41, 5.74) is 0.